The number of anilines is 1. The number of carbonyl (C=O) groups excluding carboxylic acids is 1. The van der Waals surface area contributed by atoms with E-state index in [1.54, 1.807) is 36.4 Å². The zero-order valence-electron chi connectivity index (χ0n) is 16.6. The number of ether oxygens (including phenoxy) is 2. The zero-order valence-corrected chi connectivity index (χ0v) is 17.4. The van der Waals surface area contributed by atoms with Crippen LogP contribution >= 0.6 is 0 Å². The van der Waals surface area contributed by atoms with E-state index in [4.69, 9.17) is 9.47 Å². The second-order valence-electron chi connectivity index (χ2n) is 6.86. The van der Waals surface area contributed by atoms with Gasteiger partial charge in [0.25, 0.3) is 5.91 Å². The van der Waals surface area contributed by atoms with Crippen LogP contribution in [0.5, 0.6) is 5.75 Å². The summed E-state index contributed by atoms with van der Waals surface area (Å²) in [5.74, 6) is 0.442. The Bertz CT molecular complexity index is 921. The van der Waals surface area contributed by atoms with Crippen LogP contribution in [0.4, 0.5) is 5.69 Å². The fourth-order valence-electron chi connectivity index (χ4n) is 2.85. The fraction of sp³-hybridized carbons (Fsp3) is 0.381. The molecule has 0 aliphatic carbocycles. The van der Waals surface area contributed by atoms with Crippen molar-refractivity contribution in [2.24, 2.45) is 0 Å². The molecule has 0 bridgehead atoms. The van der Waals surface area contributed by atoms with Crippen LogP contribution in [0.25, 0.3) is 0 Å². The molecule has 1 aliphatic heterocycles. The minimum absolute atomic E-state index is 0.113. The molecule has 3 rings (SSSR count). The second-order valence-corrected chi connectivity index (χ2v) is 8.79. The number of sulfonamides is 1. The van der Waals surface area contributed by atoms with Crippen LogP contribution in [0.3, 0.4) is 0 Å². The third kappa shape index (κ3) is 5.35. The van der Waals surface area contributed by atoms with Gasteiger partial charge in [-0.05, 0) is 61.9 Å². The van der Waals surface area contributed by atoms with Gasteiger partial charge < -0.3 is 14.8 Å². The maximum atomic E-state index is 12.6. The Morgan fingerprint density at radius 1 is 1.10 bits per heavy atom. The Morgan fingerprint density at radius 2 is 1.72 bits per heavy atom. The minimum atomic E-state index is -3.55. The summed E-state index contributed by atoms with van der Waals surface area (Å²) in [6, 6.07) is 13.1. The molecule has 0 spiro atoms. The Morgan fingerprint density at radius 3 is 2.31 bits per heavy atom. The van der Waals surface area contributed by atoms with E-state index >= 15 is 0 Å². The Kier molecular flexibility index (Phi) is 6.89. The first-order valence-corrected chi connectivity index (χ1v) is 11.1. The normalized spacial score (nSPS) is 16.2. The van der Waals surface area contributed by atoms with Crippen molar-refractivity contribution in [3.05, 3.63) is 54.1 Å². The number of rotatable bonds is 7. The summed E-state index contributed by atoms with van der Waals surface area (Å²) in [5.41, 5.74) is 1.02. The van der Waals surface area contributed by atoms with E-state index in [0.29, 0.717) is 43.3 Å². The van der Waals surface area contributed by atoms with E-state index in [1.165, 1.54) is 16.4 Å². The second kappa shape index (κ2) is 9.39. The van der Waals surface area contributed by atoms with Gasteiger partial charge in [0, 0.05) is 24.3 Å². The molecule has 2 aromatic carbocycles. The molecule has 1 amide bonds. The average Bonchev–Trinajstić information content (AvgIpc) is 2.75. The predicted molar refractivity (Wildman–Crippen MR) is 111 cm³/mol. The van der Waals surface area contributed by atoms with E-state index in [0.717, 1.165) is 6.42 Å². The molecule has 0 saturated carbocycles. The first-order valence-electron chi connectivity index (χ1n) is 9.66. The van der Waals surface area contributed by atoms with Crippen molar-refractivity contribution in [1.82, 2.24) is 4.31 Å². The summed E-state index contributed by atoms with van der Waals surface area (Å²) >= 11 is 0. The van der Waals surface area contributed by atoms with Gasteiger partial charge in [0.05, 0.1) is 24.2 Å². The highest BCUT2D eigenvalue weighted by Crippen LogP contribution is 2.20. The van der Waals surface area contributed by atoms with Crippen LogP contribution in [0.1, 0.15) is 30.6 Å². The third-order valence-corrected chi connectivity index (χ3v) is 6.66. The molecule has 0 radical (unpaired) electrons. The maximum absolute atomic E-state index is 12.6. The van der Waals surface area contributed by atoms with Gasteiger partial charge >= 0.3 is 0 Å². The molecule has 1 heterocycles. The van der Waals surface area contributed by atoms with Gasteiger partial charge in [-0.1, -0.05) is 6.92 Å². The molecule has 29 heavy (non-hydrogen) atoms. The Balaban J connectivity index is 1.64. The van der Waals surface area contributed by atoms with Crippen LogP contribution < -0.4 is 10.1 Å². The van der Waals surface area contributed by atoms with Gasteiger partial charge in [0.2, 0.25) is 10.0 Å². The highest BCUT2D eigenvalue weighted by molar-refractivity contribution is 7.89. The van der Waals surface area contributed by atoms with E-state index in [1.807, 2.05) is 13.8 Å². The van der Waals surface area contributed by atoms with Crippen molar-refractivity contribution in [2.75, 3.05) is 31.6 Å². The predicted octanol–water partition coefficient (Wildman–Crippen LogP) is 3.14. The summed E-state index contributed by atoms with van der Waals surface area (Å²) in [7, 11) is -3.55. The highest BCUT2D eigenvalue weighted by Gasteiger charge is 2.26. The van der Waals surface area contributed by atoms with Crippen molar-refractivity contribution in [1.29, 1.82) is 0 Å². The van der Waals surface area contributed by atoms with Crippen molar-refractivity contribution >= 4 is 21.6 Å². The highest BCUT2D eigenvalue weighted by atomic mass is 32.2. The van der Waals surface area contributed by atoms with Gasteiger partial charge in [-0.15, -0.1) is 0 Å². The first kappa shape index (κ1) is 21.3. The lowest BCUT2D eigenvalue weighted by Gasteiger charge is -2.26. The number of nitrogens with zero attached hydrogens (tertiary/aromatic N) is 1. The zero-order chi connectivity index (χ0) is 20.9. The lowest BCUT2D eigenvalue weighted by atomic mass is 10.2. The molecular weight excluding hydrogens is 392 g/mol. The Labute approximate surface area is 171 Å². The molecule has 156 valence electrons. The maximum Gasteiger partial charge on any atom is 0.255 e. The summed E-state index contributed by atoms with van der Waals surface area (Å²) in [5, 5.41) is 2.78. The van der Waals surface area contributed by atoms with Crippen LogP contribution in [-0.2, 0) is 14.8 Å². The molecule has 1 fully saturated rings. The van der Waals surface area contributed by atoms with Crippen molar-refractivity contribution < 1.29 is 22.7 Å². The molecule has 1 atom stereocenters. The monoisotopic (exact) mass is 418 g/mol. The molecule has 1 aliphatic rings. The number of hydrogen-bond acceptors (Lipinski definition) is 5. The van der Waals surface area contributed by atoms with Gasteiger partial charge in [0.15, 0.2) is 0 Å². The van der Waals surface area contributed by atoms with E-state index in [2.05, 4.69) is 5.32 Å². The number of amides is 1. The molecular formula is C21H26N2O5S. The summed E-state index contributed by atoms with van der Waals surface area (Å²) in [4.78, 5) is 12.6. The van der Waals surface area contributed by atoms with Gasteiger partial charge in [0.1, 0.15) is 5.75 Å². The van der Waals surface area contributed by atoms with Crippen LogP contribution in [0, 0.1) is 0 Å². The third-order valence-electron chi connectivity index (χ3n) is 4.75. The van der Waals surface area contributed by atoms with Gasteiger partial charge in [-0.3, -0.25) is 4.79 Å². The van der Waals surface area contributed by atoms with Crippen LogP contribution in [0.2, 0.25) is 0 Å². The number of nitrogens with one attached hydrogen (secondary N) is 1. The molecule has 1 N–H and O–H groups in total. The topological polar surface area (TPSA) is 84.9 Å². The van der Waals surface area contributed by atoms with Gasteiger partial charge in [-0.2, -0.15) is 4.31 Å². The number of hydrogen-bond donors (Lipinski definition) is 1. The summed E-state index contributed by atoms with van der Waals surface area (Å²) in [6.07, 6.45) is 1.02. The molecule has 1 unspecified atom stereocenters. The molecule has 2 aromatic rings. The molecule has 1 saturated heterocycles. The fourth-order valence-corrected chi connectivity index (χ4v) is 4.26. The largest absolute Gasteiger partial charge is 0.491 e. The smallest absolute Gasteiger partial charge is 0.255 e. The molecule has 7 nitrogen and oxygen atoms in total. The standard InChI is InChI=1S/C21H26N2O5S/c1-3-16(2)28-19-8-4-17(5-9-19)21(24)22-18-6-10-20(11-7-18)29(25,26)23-12-14-27-15-13-23/h4-11,16H,3,12-15H2,1-2H3,(H,22,24). The lowest BCUT2D eigenvalue weighted by Crippen LogP contribution is -2.40. The average molecular weight is 419 g/mol. The van der Waals surface area contributed by atoms with Crippen LogP contribution in [0.15, 0.2) is 53.4 Å². The summed E-state index contributed by atoms with van der Waals surface area (Å²) < 4.78 is 37.6. The minimum Gasteiger partial charge on any atom is -0.491 e. The van der Waals surface area contributed by atoms with Crippen molar-refractivity contribution in [2.45, 2.75) is 31.3 Å². The van der Waals surface area contributed by atoms with Crippen molar-refractivity contribution in [3.63, 3.8) is 0 Å². The number of morpholine rings is 1. The van der Waals surface area contributed by atoms with Gasteiger partial charge in [-0.25, -0.2) is 8.42 Å². The summed E-state index contributed by atoms with van der Waals surface area (Å²) in [6.45, 7) is 5.52. The lowest BCUT2D eigenvalue weighted by molar-refractivity contribution is 0.0730. The van der Waals surface area contributed by atoms with E-state index < -0.39 is 10.0 Å². The van der Waals surface area contributed by atoms with E-state index in [9.17, 15) is 13.2 Å². The van der Waals surface area contributed by atoms with Crippen LogP contribution in [-0.4, -0.2) is 51.0 Å². The number of carbonyl (C=O) groups is 1. The molecule has 8 heteroatoms. The van der Waals surface area contributed by atoms with E-state index in [-0.39, 0.29) is 16.9 Å². The SMILES string of the molecule is CCC(C)Oc1ccc(C(=O)Nc2ccc(S(=O)(=O)N3CCOCC3)cc2)cc1. The first-order chi connectivity index (χ1) is 13.9. The quantitative estimate of drug-likeness (QED) is 0.747. The molecule has 0 aromatic heterocycles. The van der Waals surface area contributed by atoms with Crippen molar-refractivity contribution in [3.8, 4) is 5.75 Å². The number of benzene rings is 2. The Hall–Kier alpha value is -2.42.